The van der Waals surface area contributed by atoms with Gasteiger partial charge in [0.1, 0.15) is 5.75 Å². The number of hydrogen-bond donors (Lipinski definition) is 3. The molecule has 3 N–H and O–H groups in total. The Morgan fingerprint density at radius 1 is 1.40 bits per heavy atom. The Morgan fingerprint density at radius 2 is 2.00 bits per heavy atom. The van der Waals surface area contributed by atoms with Crippen molar-refractivity contribution < 1.29 is 10.2 Å². The van der Waals surface area contributed by atoms with Crippen LogP contribution >= 0.6 is 11.6 Å². The summed E-state index contributed by atoms with van der Waals surface area (Å²) < 4.78 is 0. The second-order valence-corrected chi connectivity index (χ2v) is 4.59. The molecule has 84 valence electrons. The molecule has 0 aliphatic carbocycles. The van der Waals surface area contributed by atoms with Crippen LogP contribution < -0.4 is 5.32 Å². The molecule has 1 rings (SSSR count). The number of anilines is 1. The van der Waals surface area contributed by atoms with Gasteiger partial charge in [-0.05, 0) is 39.0 Å². The third-order valence-corrected chi connectivity index (χ3v) is 2.69. The molecule has 0 aliphatic heterocycles. The van der Waals surface area contributed by atoms with Gasteiger partial charge in [-0.15, -0.1) is 0 Å². The van der Waals surface area contributed by atoms with Gasteiger partial charge in [0.05, 0.1) is 16.7 Å². The van der Waals surface area contributed by atoms with E-state index in [1.165, 1.54) is 6.07 Å². The van der Waals surface area contributed by atoms with E-state index in [1.54, 1.807) is 26.0 Å². The Kier molecular flexibility index (Phi) is 3.47. The van der Waals surface area contributed by atoms with E-state index >= 15 is 0 Å². The number of rotatable bonds is 3. The largest absolute Gasteiger partial charge is 0.506 e. The summed E-state index contributed by atoms with van der Waals surface area (Å²) in [6.07, 6.45) is 0. The molecular weight excluding hydrogens is 214 g/mol. The number of phenols is 1. The molecule has 1 aromatic rings. The lowest BCUT2D eigenvalue weighted by atomic mass is 10.0. The molecule has 0 spiro atoms. The van der Waals surface area contributed by atoms with Gasteiger partial charge in [-0.3, -0.25) is 0 Å². The number of benzene rings is 1. The van der Waals surface area contributed by atoms with Crippen molar-refractivity contribution in [3.05, 3.63) is 23.2 Å². The van der Waals surface area contributed by atoms with Crippen molar-refractivity contribution in [3.8, 4) is 5.75 Å². The lowest BCUT2D eigenvalue weighted by molar-refractivity contribution is 0.0649. The van der Waals surface area contributed by atoms with E-state index in [1.807, 2.05) is 6.92 Å². The second kappa shape index (κ2) is 4.29. The Balaban J connectivity index is 2.78. The number of aromatic hydroxyl groups is 1. The SMILES string of the molecule is CC(Nc1ccc(O)c(Cl)c1)C(C)(C)O. The Bertz CT molecular complexity index is 347. The quantitative estimate of drug-likeness (QED) is 0.699. The molecule has 0 bridgehead atoms. The molecule has 0 heterocycles. The zero-order chi connectivity index (χ0) is 11.6. The van der Waals surface area contributed by atoms with Gasteiger partial charge in [0.15, 0.2) is 0 Å². The molecule has 1 unspecified atom stereocenters. The average molecular weight is 230 g/mol. The first-order chi connectivity index (χ1) is 6.80. The summed E-state index contributed by atoms with van der Waals surface area (Å²) in [5.41, 5.74) is -0.0444. The van der Waals surface area contributed by atoms with Gasteiger partial charge in [0.25, 0.3) is 0 Å². The minimum absolute atomic E-state index is 0.0538. The summed E-state index contributed by atoms with van der Waals surface area (Å²) in [7, 11) is 0. The van der Waals surface area contributed by atoms with Crippen LogP contribution in [0.5, 0.6) is 5.75 Å². The van der Waals surface area contributed by atoms with Crippen LogP contribution in [0, 0.1) is 0 Å². The van der Waals surface area contributed by atoms with Crippen LogP contribution in [0.4, 0.5) is 5.69 Å². The van der Waals surface area contributed by atoms with Crippen LogP contribution in [0.3, 0.4) is 0 Å². The second-order valence-electron chi connectivity index (χ2n) is 4.19. The first-order valence-corrected chi connectivity index (χ1v) is 5.16. The van der Waals surface area contributed by atoms with E-state index in [-0.39, 0.29) is 11.8 Å². The van der Waals surface area contributed by atoms with E-state index in [2.05, 4.69) is 5.32 Å². The Hall–Kier alpha value is -0.930. The lowest BCUT2D eigenvalue weighted by Gasteiger charge is -2.27. The smallest absolute Gasteiger partial charge is 0.134 e. The molecule has 1 atom stereocenters. The van der Waals surface area contributed by atoms with Gasteiger partial charge >= 0.3 is 0 Å². The first-order valence-electron chi connectivity index (χ1n) is 4.78. The van der Waals surface area contributed by atoms with Crippen molar-refractivity contribution in [2.45, 2.75) is 32.4 Å². The summed E-state index contributed by atoms with van der Waals surface area (Å²) in [6.45, 7) is 5.33. The van der Waals surface area contributed by atoms with Gasteiger partial charge in [0.2, 0.25) is 0 Å². The molecule has 15 heavy (non-hydrogen) atoms. The molecule has 0 radical (unpaired) electrons. The number of phenolic OH excluding ortho intramolecular Hbond substituents is 1. The molecule has 0 saturated heterocycles. The normalized spacial score (nSPS) is 13.7. The van der Waals surface area contributed by atoms with E-state index in [0.29, 0.717) is 5.02 Å². The van der Waals surface area contributed by atoms with E-state index in [9.17, 15) is 10.2 Å². The monoisotopic (exact) mass is 229 g/mol. The van der Waals surface area contributed by atoms with Crippen LogP contribution in [0.2, 0.25) is 5.02 Å². The first kappa shape index (κ1) is 12.1. The fourth-order valence-corrected chi connectivity index (χ4v) is 1.20. The highest BCUT2D eigenvalue weighted by atomic mass is 35.5. The highest BCUT2D eigenvalue weighted by Gasteiger charge is 2.21. The fourth-order valence-electron chi connectivity index (χ4n) is 1.02. The Labute approximate surface area is 94.7 Å². The highest BCUT2D eigenvalue weighted by molar-refractivity contribution is 6.32. The summed E-state index contributed by atoms with van der Waals surface area (Å²) in [6, 6.07) is 4.74. The molecule has 0 aliphatic rings. The average Bonchev–Trinajstić information content (AvgIpc) is 2.10. The van der Waals surface area contributed by atoms with Gasteiger partial charge in [0, 0.05) is 5.69 Å². The molecule has 3 nitrogen and oxygen atoms in total. The molecule has 0 aromatic heterocycles. The van der Waals surface area contributed by atoms with E-state index < -0.39 is 5.60 Å². The summed E-state index contributed by atoms with van der Waals surface area (Å²) >= 11 is 5.76. The third kappa shape index (κ3) is 3.29. The number of nitrogens with one attached hydrogen (secondary N) is 1. The molecular formula is C11H16ClNO2. The van der Waals surface area contributed by atoms with Crippen molar-refractivity contribution in [2.24, 2.45) is 0 Å². The van der Waals surface area contributed by atoms with E-state index in [4.69, 9.17) is 11.6 Å². The molecule has 0 amide bonds. The standard InChI is InChI=1S/C11H16ClNO2/c1-7(11(2,3)15)13-8-4-5-10(14)9(12)6-8/h4-7,13-15H,1-3H3. The molecule has 1 aromatic carbocycles. The topological polar surface area (TPSA) is 52.5 Å². The number of hydrogen-bond acceptors (Lipinski definition) is 3. The maximum absolute atomic E-state index is 9.73. The summed E-state index contributed by atoms with van der Waals surface area (Å²) in [5.74, 6) is 0.0538. The number of aliphatic hydroxyl groups is 1. The third-order valence-electron chi connectivity index (χ3n) is 2.39. The van der Waals surface area contributed by atoms with Crippen molar-refractivity contribution in [1.82, 2.24) is 0 Å². The summed E-state index contributed by atoms with van der Waals surface area (Å²) in [4.78, 5) is 0. The van der Waals surface area contributed by atoms with Crippen molar-refractivity contribution >= 4 is 17.3 Å². The van der Waals surface area contributed by atoms with Crippen LogP contribution in [0.25, 0.3) is 0 Å². The van der Waals surface area contributed by atoms with Crippen molar-refractivity contribution in [2.75, 3.05) is 5.32 Å². The van der Waals surface area contributed by atoms with Crippen LogP contribution in [-0.4, -0.2) is 21.9 Å². The van der Waals surface area contributed by atoms with Crippen LogP contribution in [0.1, 0.15) is 20.8 Å². The van der Waals surface area contributed by atoms with Crippen LogP contribution in [-0.2, 0) is 0 Å². The fraction of sp³-hybridized carbons (Fsp3) is 0.455. The maximum Gasteiger partial charge on any atom is 0.134 e. The predicted octanol–water partition coefficient (Wildman–Crippen LogP) is 2.62. The van der Waals surface area contributed by atoms with Gasteiger partial charge < -0.3 is 15.5 Å². The lowest BCUT2D eigenvalue weighted by Crippen LogP contribution is -2.39. The highest BCUT2D eigenvalue weighted by Crippen LogP contribution is 2.27. The molecule has 4 heteroatoms. The van der Waals surface area contributed by atoms with Crippen molar-refractivity contribution in [3.63, 3.8) is 0 Å². The minimum atomic E-state index is -0.815. The van der Waals surface area contributed by atoms with Gasteiger partial charge in [-0.25, -0.2) is 0 Å². The molecule has 0 saturated carbocycles. The minimum Gasteiger partial charge on any atom is -0.506 e. The zero-order valence-electron chi connectivity index (χ0n) is 9.08. The molecule has 0 fully saturated rings. The Morgan fingerprint density at radius 3 is 2.47 bits per heavy atom. The maximum atomic E-state index is 9.73. The van der Waals surface area contributed by atoms with Gasteiger partial charge in [-0.1, -0.05) is 11.6 Å². The van der Waals surface area contributed by atoms with Crippen molar-refractivity contribution in [1.29, 1.82) is 0 Å². The van der Waals surface area contributed by atoms with Gasteiger partial charge in [-0.2, -0.15) is 0 Å². The predicted molar refractivity (Wildman–Crippen MR) is 62.5 cm³/mol. The zero-order valence-corrected chi connectivity index (χ0v) is 9.84. The van der Waals surface area contributed by atoms with E-state index in [0.717, 1.165) is 5.69 Å². The number of halogens is 1. The van der Waals surface area contributed by atoms with Crippen LogP contribution in [0.15, 0.2) is 18.2 Å². The summed E-state index contributed by atoms with van der Waals surface area (Å²) in [5, 5.41) is 22.4.